The van der Waals surface area contributed by atoms with Crippen LogP contribution in [0.5, 0.6) is 5.75 Å². The van der Waals surface area contributed by atoms with Crippen molar-refractivity contribution in [1.82, 2.24) is 0 Å². The summed E-state index contributed by atoms with van der Waals surface area (Å²) in [7, 11) is -3.37. The summed E-state index contributed by atoms with van der Waals surface area (Å²) in [5.41, 5.74) is 1.54. The highest BCUT2D eigenvalue weighted by Gasteiger charge is 2.17. The molecule has 0 atom stereocenters. The number of nitrogens with zero attached hydrogens (tertiary/aromatic N) is 1. The quantitative estimate of drug-likeness (QED) is 0.761. The molecule has 22 heavy (non-hydrogen) atoms. The Labute approximate surface area is 139 Å². The van der Waals surface area contributed by atoms with E-state index in [2.05, 4.69) is 15.9 Å². The van der Waals surface area contributed by atoms with Gasteiger partial charge >= 0.3 is 0 Å². The normalized spacial score (nSPS) is 11.2. The van der Waals surface area contributed by atoms with Crippen LogP contribution in [0.15, 0.2) is 53.0 Å². The fourth-order valence-electron chi connectivity index (χ4n) is 2.03. The summed E-state index contributed by atoms with van der Waals surface area (Å²) < 4.78 is 31.9. The maximum Gasteiger partial charge on any atom is 0.232 e. The van der Waals surface area contributed by atoms with Crippen molar-refractivity contribution in [3.05, 3.63) is 58.6 Å². The maximum absolute atomic E-state index is 12.1. The van der Waals surface area contributed by atoms with Gasteiger partial charge in [0.2, 0.25) is 10.0 Å². The Morgan fingerprint density at radius 2 is 1.64 bits per heavy atom. The minimum Gasteiger partial charge on any atom is -0.494 e. The second-order valence-corrected chi connectivity index (χ2v) is 7.65. The van der Waals surface area contributed by atoms with Gasteiger partial charge in [-0.3, -0.25) is 4.31 Å². The smallest absolute Gasteiger partial charge is 0.232 e. The van der Waals surface area contributed by atoms with Gasteiger partial charge in [0.25, 0.3) is 0 Å². The van der Waals surface area contributed by atoms with Crippen LogP contribution < -0.4 is 9.04 Å². The Morgan fingerprint density at radius 1 is 1.05 bits per heavy atom. The molecule has 0 aliphatic carbocycles. The first-order valence-electron chi connectivity index (χ1n) is 6.85. The number of sulfonamides is 1. The van der Waals surface area contributed by atoms with Crippen molar-refractivity contribution in [2.24, 2.45) is 0 Å². The van der Waals surface area contributed by atoms with Gasteiger partial charge in [-0.2, -0.15) is 0 Å². The zero-order valence-corrected chi connectivity index (χ0v) is 14.9. The van der Waals surface area contributed by atoms with Gasteiger partial charge in [-0.05, 0) is 48.9 Å². The molecule has 0 spiro atoms. The van der Waals surface area contributed by atoms with E-state index in [0.717, 1.165) is 15.8 Å². The van der Waals surface area contributed by atoms with Crippen LogP contribution in [0.3, 0.4) is 0 Å². The minimum absolute atomic E-state index is 0.292. The van der Waals surface area contributed by atoms with Crippen LogP contribution in [0, 0.1) is 0 Å². The standard InChI is InChI=1S/C16H18BrNO3S/c1-3-21-16-10-8-15(9-11-16)18(22(2,19)20)12-13-4-6-14(17)7-5-13/h4-11H,3,12H2,1-2H3. The van der Waals surface area contributed by atoms with E-state index in [4.69, 9.17) is 4.74 Å². The van der Waals surface area contributed by atoms with Crippen molar-refractivity contribution >= 4 is 31.6 Å². The van der Waals surface area contributed by atoms with Gasteiger partial charge in [-0.15, -0.1) is 0 Å². The van der Waals surface area contributed by atoms with Gasteiger partial charge in [-0.1, -0.05) is 28.1 Å². The van der Waals surface area contributed by atoms with Gasteiger partial charge in [0.1, 0.15) is 5.75 Å². The van der Waals surface area contributed by atoms with Gasteiger partial charge in [0, 0.05) is 4.47 Å². The third-order valence-corrected chi connectivity index (χ3v) is 4.74. The first-order valence-corrected chi connectivity index (χ1v) is 9.49. The lowest BCUT2D eigenvalue weighted by atomic mass is 10.2. The Balaban J connectivity index is 2.28. The number of ether oxygens (including phenoxy) is 1. The molecule has 0 bridgehead atoms. The number of rotatable bonds is 6. The van der Waals surface area contributed by atoms with E-state index in [1.807, 2.05) is 31.2 Å². The van der Waals surface area contributed by atoms with Crippen LogP contribution in [-0.2, 0) is 16.6 Å². The van der Waals surface area contributed by atoms with Gasteiger partial charge in [-0.25, -0.2) is 8.42 Å². The van der Waals surface area contributed by atoms with E-state index < -0.39 is 10.0 Å². The van der Waals surface area contributed by atoms with Gasteiger partial charge in [0.15, 0.2) is 0 Å². The minimum atomic E-state index is -3.37. The Kier molecular flexibility index (Phi) is 5.47. The highest BCUT2D eigenvalue weighted by molar-refractivity contribution is 9.10. The molecule has 0 fully saturated rings. The lowest BCUT2D eigenvalue weighted by Crippen LogP contribution is -2.29. The molecule has 2 aromatic rings. The maximum atomic E-state index is 12.1. The first-order chi connectivity index (χ1) is 10.4. The van der Waals surface area contributed by atoms with E-state index >= 15 is 0 Å². The Morgan fingerprint density at radius 3 is 2.14 bits per heavy atom. The summed E-state index contributed by atoms with van der Waals surface area (Å²) in [6.45, 7) is 2.78. The molecule has 0 unspecified atom stereocenters. The molecule has 0 aromatic heterocycles. The lowest BCUT2D eigenvalue weighted by Gasteiger charge is -2.22. The highest BCUT2D eigenvalue weighted by Crippen LogP contribution is 2.24. The van der Waals surface area contributed by atoms with E-state index in [9.17, 15) is 8.42 Å². The fraction of sp³-hybridized carbons (Fsp3) is 0.250. The van der Waals surface area contributed by atoms with Crippen LogP contribution in [0.4, 0.5) is 5.69 Å². The average Bonchev–Trinajstić information content (AvgIpc) is 2.47. The Bertz CT molecular complexity index is 712. The molecule has 2 rings (SSSR count). The van der Waals surface area contributed by atoms with Crippen LogP contribution in [0.25, 0.3) is 0 Å². The average molecular weight is 384 g/mol. The monoisotopic (exact) mass is 383 g/mol. The van der Waals surface area contributed by atoms with Crippen molar-refractivity contribution in [1.29, 1.82) is 0 Å². The van der Waals surface area contributed by atoms with Gasteiger partial charge in [0.05, 0.1) is 25.1 Å². The van der Waals surface area contributed by atoms with E-state index in [0.29, 0.717) is 18.8 Å². The molecule has 4 nitrogen and oxygen atoms in total. The molecule has 118 valence electrons. The second kappa shape index (κ2) is 7.15. The SMILES string of the molecule is CCOc1ccc(N(Cc2ccc(Br)cc2)S(C)(=O)=O)cc1. The van der Waals surface area contributed by atoms with Crippen molar-refractivity contribution in [2.75, 3.05) is 17.2 Å². The highest BCUT2D eigenvalue weighted by atomic mass is 79.9. The number of anilines is 1. The Hall–Kier alpha value is -1.53. The summed E-state index contributed by atoms with van der Waals surface area (Å²) in [6.07, 6.45) is 1.21. The van der Waals surface area contributed by atoms with Crippen molar-refractivity contribution in [3.8, 4) is 5.75 Å². The predicted octanol–water partition coefficient (Wildman–Crippen LogP) is 3.81. The molecule has 0 amide bonds. The third kappa shape index (κ3) is 4.48. The number of hydrogen-bond acceptors (Lipinski definition) is 3. The van der Waals surface area contributed by atoms with Crippen molar-refractivity contribution in [2.45, 2.75) is 13.5 Å². The number of halogens is 1. The van der Waals surface area contributed by atoms with E-state index in [1.165, 1.54) is 10.6 Å². The molecule has 0 radical (unpaired) electrons. The zero-order valence-electron chi connectivity index (χ0n) is 12.5. The third-order valence-electron chi connectivity index (χ3n) is 3.08. The first kappa shape index (κ1) is 16.8. The summed E-state index contributed by atoms with van der Waals surface area (Å²) in [4.78, 5) is 0. The van der Waals surface area contributed by atoms with Crippen LogP contribution in [0.1, 0.15) is 12.5 Å². The van der Waals surface area contributed by atoms with E-state index in [-0.39, 0.29) is 0 Å². The summed E-state index contributed by atoms with van der Waals surface area (Å²) >= 11 is 3.37. The molecular formula is C16H18BrNO3S. The van der Waals surface area contributed by atoms with E-state index in [1.54, 1.807) is 24.3 Å². The predicted molar refractivity (Wildman–Crippen MR) is 92.8 cm³/mol. The topological polar surface area (TPSA) is 46.6 Å². The summed E-state index contributed by atoms with van der Waals surface area (Å²) in [6, 6.07) is 14.7. The number of hydrogen-bond donors (Lipinski definition) is 0. The molecule has 0 heterocycles. The second-order valence-electron chi connectivity index (χ2n) is 4.82. The largest absolute Gasteiger partial charge is 0.494 e. The molecule has 0 aliphatic heterocycles. The lowest BCUT2D eigenvalue weighted by molar-refractivity contribution is 0.340. The van der Waals surface area contributed by atoms with Gasteiger partial charge < -0.3 is 4.74 Å². The summed E-state index contributed by atoms with van der Waals surface area (Å²) in [5.74, 6) is 0.725. The van der Waals surface area contributed by atoms with Crippen LogP contribution in [0.2, 0.25) is 0 Å². The van der Waals surface area contributed by atoms with Crippen molar-refractivity contribution in [3.63, 3.8) is 0 Å². The zero-order chi connectivity index (χ0) is 16.2. The molecule has 6 heteroatoms. The molecule has 0 saturated carbocycles. The molecule has 0 aliphatic rings. The van der Waals surface area contributed by atoms with Crippen LogP contribution in [-0.4, -0.2) is 21.3 Å². The molecule has 0 saturated heterocycles. The molecule has 0 N–H and O–H groups in total. The summed E-state index contributed by atoms with van der Waals surface area (Å²) in [5, 5.41) is 0. The van der Waals surface area contributed by atoms with Crippen LogP contribution >= 0.6 is 15.9 Å². The van der Waals surface area contributed by atoms with Crippen molar-refractivity contribution < 1.29 is 13.2 Å². The fourth-order valence-corrected chi connectivity index (χ4v) is 3.18. The molecular weight excluding hydrogens is 366 g/mol. The number of benzene rings is 2. The molecule has 2 aromatic carbocycles.